The standard InChI is InChI=1S/C14H11Br2NO4/c15-6-4-9(14(20)21)11(10(16)5-6)17-12(18)7-2-1-3-8(7)13(17)19/h4-5,7-8H,1-3H2,(H,20,21). The predicted molar refractivity (Wildman–Crippen MR) is 82.1 cm³/mol. The highest BCUT2D eigenvalue weighted by atomic mass is 79.9. The number of carboxylic acids is 1. The Morgan fingerprint density at radius 1 is 1.14 bits per heavy atom. The van der Waals surface area contributed by atoms with Gasteiger partial charge in [-0.1, -0.05) is 22.4 Å². The summed E-state index contributed by atoms with van der Waals surface area (Å²) in [5, 5.41) is 9.36. The third kappa shape index (κ3) is 2.23. The van der Waals surface area contributed by atoms with Crippen LogP contribution >= 0.6 is 31.9 Å². The number of nitrogens with zero attached hydrogens (tertiary/aromatic N) is 1. The van der Waals surface area contributed by atoms with Crippen molar-refractivity contribution < 1.29 is 19.5 Å². The number of rotatable bonds is 2. The minimum Gasteiger partial charge on any atom is -0.478 e. The number of amides is 2. The van der Waals surface area contributed by atoms with E-state index < -0.39 is 5.97 Å². The number of hydrogen-bond donors (Lipinski definition) is 1. The van der Waals surface area contributed by atoms with Crippen molar-refractivity contribution in [2.75, 3.05) is 4.90 Å². The van der Waals surface area contributed by atoms with Crippen LogP contribution in [-0.2, 0) is 9.59 Å². The number of benzene rings is 1. The first kappa shape index (κ1) is 14.7. The molecule has 1 aromatic rings. The van der Waals surface area contributed by atoms with Gasteiger partial charge in [0.25, 0.3) is 0 Å². The lowest BCUT2D eigenvalue weighted by Gasteiger charge is -2.20. The molecule has 21 heavy (non-hydrogen) atoms. The zero-order valence-electron chi connectivity index (χ0n) is 10.8. The Bertz CT molecular complexity index is 651. The Morgan fingerprint density at radius 2 is 1.71 bits per heavy atom. The molecule has 7 heteroatoms. The Morgan fingerprint density at radius 3 is 2.24 bits per heavy atom. The zero-order chi connectivity index (χ0) is 15.3. The Labute approximate surface area is 137 Å². The fraction of sp³-hybridized carbons (Fsp3) is 0.357. The van der Waals surface area contributed by atoms with Crippen LogP contribution in [0.4, 0.5) is 5.69 Å². The van der Waals surface area contributed by atoms with E-state index in [1.54, 1.807) is 6.07 Å². The van der Waals surface area contributed by atoms with Crippen LogP contribution in [0.15, 0.2) is 21.1 Å². The van der Waals surface area contributed by atoms with Gasteiger partial charge in [0.1, 0.15) is 0 Å². The molecule has 1 N–H and O–H groups in total. The zero-order valence-corrected chi connectivity index (χ0v) is 14.0. The molecule has 1 aromatic carbocycles. The maximum atomic E-state index is 12.5. The number of anilines is 1. The molecule has 2 amide bonds. The van der Waals surface area contributed by atoms with Crippen LogP contribution in [0.5, 0.6) is 0 Å². The molecule has 2 aliphatic rings. The second kappa shape index (κ2) is 5.21. The fourth-order valence-electron chi connectivity index (χ4n) is 3.17. The van der Waals surface area contributed by atoms with Gasteiger partial charge in [0.2, 0.25) is 11.8 Å². The molecule has 2 fully saturated rings. The Kier molecular flexibility index (Phi) is 3.65. The van der Waals surface area contributed by atoms with Crippen molar-refractivity contribution in [2.45, 2.75) is 19.3 Å². The third-order valence-corrected chi connectivity index (χ3v) is 5.14. The largest absolute Gasteiger partial charge is 0.478 e. The molecule has 1 aliphatic carbocycles. The van der Waals surface area contributed by atoms with Gasteiger partial charge in [0, 0.05) is 8.95 Å². The maximum Gasteiger partial charge on any atom is 0.337 e. The van der Waals surface area contributed by atoms with Crippen molar-refractivity contribution in [1.29, 1.82) is 0 Å². The summed E-state index contributed by atoms with van der Waals surface area (Å²) in [6.07, 6.45) is 2.26. The van der Waals surface area contributed by atoms with E-state index in [2.05, 4.69) is 31.9 Å². The highest BCUT2D eigenvalue weighted by Crippen LogP contribution is 2.44. The number of imide groups is 1. The lowest BCUT2D eigenvalue weighted by Crippen LogP contribution is -2.33. The average molecular weight is 417 g/mol. The maximum absolute atomic E-state index is 12.5. The number of carboxylic acid groups (broad SMARTS) is 1. The van der Waals surface area contributed by atoms with E-state index in [0.717, 1.165) is 11.3 Å². The summed E-state index contributed by atoms with van der Waals surface area (Å²) in [5.41, 5.74) is 0.0630. The quantitative estimate of drug-likeness (QED) is 0.751. The van der Waals surface area contributed by atoms with Crippen molar-refractivity contribution in [1.82, 2.24) is 0 Å². The van der Waals surface area contributed by atoms with Gasteiger partial charge in [0.15, 0.2) is 0 Å². The minimum absolute atomic E-state index is 0.0714. The molecule has 3 rings (SSSR count). The molecule has 2 unspecified atom stereocenters. The van der Waals surface area contributed by atoms with E-state index in [4.69, 9.17) is 0 Å². The monoisotopic (exact) mass is 415 g/mol. The van der Waals surface area contributed by atoms with Gasteiger partial charge in [-0.3, -0.25) is 9.59 Å². The summed E-state index contributed by atoms with van der Waals surface area (Å²) in [6, 6.07) is 3.04. The van der Waals surface area contributed by atoms with Gasteiger partial charge in [-0.05, 0) is 40.9 Å². The molecule has 0 aromatic heterocycles. The second-order valence-electron chi connectivity index (χ2n) is 5.24. The average Bonchev–Trinajstić information content (AvgIpc) is 2.96. The van der Waals surface area contributed by atoms with Crippen molar-refractivity contribution in [2.24, 2.45) is 11.8 Å². The Balaban J connectivity index is 2.15. The van der Waals surface area contributed by atoms with Crippen LogP contribution in [-0.4, -0.2) is 22.9 Å². The second-order valence-corrected chi connectivity index (χ2v) is 7.01. The number of hydrogen-bond acceptors (Lipinski definition) is 3. The summed E-state index contributed by atoms with van der Waals surface area (Å²) in [6.45, 7) is 0. The number of halogens is 2. The van der Waals surface area contributed by atoms with Gasteiger partial charge >= 0.3 is 5.97 Å². The SMILES string of the molecule is O=C(O)c1cc(Br)cc(Br)c1N1C(=O)C2CCCC2C1=O. The van der Waals surface area contributed by atoms with Gasteiger partial charge < -0.3 is 5.11 Å². The fourth-order valence-corrected chi connectivity index (χ4v) is 4.57. The molecule has 1 saturated heterocycles. The van der Waals surface area contributed by atoms with Crippen LogP contribution in [0.25, 0.3) is 0 Å². The van der Waals surface area contributed by atoms with Gasteiger partial charge in [-0.15, -0.1) is 0 Å². The predicted octanol–water partition coefficient (Wildman–Crippen LogP) is 3.20. The highest BCUT2D eigenvalue weighted by Gasteiger charge is 2.51. The lowest BCUT2D eigenvalue weighted by molar-refractivity contribution is -0.122. The molecule has 0 spiro atoms. The smallest absolute Gasteiger partial charge is 0.337 e. The van der Waals surface area contributed by atoms with E-state index in [9.17, 15) is 19.5 Å². The molecule has 1 aliphatic heterocycles. The van der Waals surface area contributed by atoms with Crippen LogP contribution < -0.4 is 4.90 Å². The molecular weight excluding hydrogens is 406 g/mol. The summed E-state index contributed by atoms with van der Waals surface area (Å²) in [5.74, 6) is -2.34. The van der Waals surface area contributed by atoms with Crippen molar-refractivity contribution in [3.63, 3.8) is 0 Å². The molecular formula is C14H11Br2NO4. The Hall–Kier alpha value is -1.21. The van der Waals surface area contributed by atoms with Crippen LogP contribution in [0.2, 0.25) is 0 Å². The first-order valence-electron chi connectivity index (χ1n) is 6.52. The van der Waals surface area contributed by atoms with Crippen molar-refractivity contribution in [3.05, 3.63) is 26.6 Å². The van der Waals surface area contributed by atoms with E-state index in [1.807, 2.05) is 0 Å². The normalized spacial score (nSPS) is 24.6. The first-order chi connectivity index (χ1) is 9.91. The van der Waals surface area contributed by atoms with Gasteiger partial charge in [-0.2, -0.15) is 0 Å². The van der Waals surface area contributed by atoms with E-state index in [0.29, 0.717) is 21.8 Å². The van der Waals surface area contributed by atoms with Gasteiger partial charge in [0.05, 0.1) is 23.1 Å². The number of carbonyl (C=O) groups excluding carboxylic acids is 2. The van der Waals surface area contributed by atoms with Crippen LogP contribution in [0.3, 0.4) is 0 Å². The third-order valence-electron chi connectivity index (χ3n) is 4.07. The molecule has 1 heterocycles. The summed E-state index contributed by atoms with van der Waals surface area (Å²) in [4.78, 5) is 37.5. The van der Waals surface area contributed by atoms with Crippen LogP contribution in [0.1, 0.15) is 29.6 Å². The summed E-state index contributed by atoms with van der Waals surface area (Å²) < 4.78 is 0.978. The number of carbonyl (C=O) groups is 3. The van der Waals surface area contributed by atoms with Gasteiger partial charge in [-0.25, -0.2) is 9.69 Å². The molecule has 110 valence electrons. The molecule has 2 atom stereocenters. The topological polar surface area (TPSA) is 74.7 Å². The van der Waals surface area contributed by atoms with Crippen molar-refractivity contribution >= 4 is 55.3 Å². The van der Waals surface area contributed by atoms with E-state index >= 15 is 0 Å². The lowest BCUT2D eigenvalue weighted by atomic mass is 10.00. The van der Waals surface area contributed by atoms with Crippen molar-refractivity contribution in [3.8, 4) is 0 Å². The molecule has 5 nitrogen and oxygen atoms in total. The summed E-state index contributed by atoms with van der Waals surface area (Å²) in [7, 11) is 0. The minimum atomic E-state index is -1.18. The number of aromatic carboxylic acids is 1. The highest BCUT2D eigenvalue weighted by molar-refractivity contribution is 9.11. The van der Waals surface area contributed by atoms with E-state index in [1.165, 1.54) is 6.07 Å². The number of fused-ring (bicyclic) bond motifs is 1. The molecule has 0 bridgehead atoms. The molecule has 1 saturated carbocycles. The van der Waals surface area contributed by atoms with Crippen LogP contribution in [0, 0.1) is 11.8 Å². The van der Waals surface area contributed by atoms with E-state index in [-0.39, 0.29) is 34.9 Å². The summed E-state index contributed by atoms with van der Waals surface area (Å²) >= 11 is 6.49. The molecule has 0 radical (unpaired) electrons. The first-order valence-corrected chi connectivity index (χ1v) is 8.10.